The second-order valence-electron chi connectivity index (χ2n) is 3.77. The minimum Gasteiger partial charge on any atom is -0.326 e. The topological polar surface area (TPSA) is 38.0 Å². The third-order valence-electron chi connectivity index (χ3n) is 2.73. The second kappa shape index (κ2) is 3.90. The van der Waals surface area contributed by atoms with Crippen LogP contribution in [0.3, 0.4) is 0 Å². The van der Waals surface area contributed by atoms with E-state index in [0.717, 1.165) is 19.5 Å². The molecule has 2 nitrogen and oxygen atoms in total. The molecule has 0 aromatic heterocycles. The molecule has 0 spiro atoms. The Kier molecular flexibility index (Phi) is 2.62. The highest BCUT2D eigenvalue weighted by Gasteiger charge is 2.23. The summed E-state index contributed by atoms with van der Waals surface area (Å²) in [6.45, 7) is 2.04. The summed E-state index contributed by atoms with van der Waals surface area (Å²) in [4.78, 5) is 0. The average Bonchev–Trinajstić information content (AvgIpc) is 2.54. The molecule has 1 aromatic carbocycles. The van der Waals surface area contributed by atoms with Gasteiger partial charge in [0, 0.05) is 12.6 Å². The van der Waals surface area contributed by atoms with Gasteiger partial charge in [-0.05, 0) is 24.4 Å². The van der Waals surface area contributed by atoms with E-state index in [1.54, 1.807) is 0 Å². The van der Waals surface area contributed by atoms with Crippen molar-refractivity contribution in [2.45, 2.75) is 12.5 Å². The number of rotatable bonds is 2. The first kappa shape index (κ1) is 8.73. The van der Waals surface area contributed by atoms with Crippen LogP contribution in [0.1, 0.15) is 5.56 Å². The number of hydrogen-bond donors (Lipinski definition) is 2. The number of nitrogens with two attached hydrogens (primary N) is 1. The Hall–Kier alpha value is -0.860. The molecule has 0 amide bonds. The highest BCUT2D eigenvalue weighted by atomic mass is 15.0. The summed E-state index contributed by atoms with van der Waals surface area (Å²) in [5, 5.41) is 3.32. The van der Waals surface area contributed by atoms with Gasteiger partial charge in [0.15, 0.2) is 0 Å². The Morgan fingerprint density at radius 1 is 1.23 bits per heavy atom. The van der Waals surface area contributed by atoms with Crippen molar-refractivity contribution in [2.24, 2.45) is 11.7 Å². The van der Waals surface area contributed by atoms with Gasteiger partial charge in [-0.25, -0.2) is 0 Å². The van der Waals surface area contributed by atoms with Gasteiger partial charge in [-0.15, -0.1) is 0 Å². The molecule has 2 atom stereocenters. The Labute approximate surface area is 79.1 Å². The zero-order valence-corrected chi connectivity index (χ0v) is 7.74. The lowest BCUT2D eigenvalue weighted by Crippen LogP contribution is -2.30. The van der Waals surface area contributed by atoms with Crippen molar-refractivity contribution < 1.29 is 0 Å². The molecule has 1 aromatic rings. The van der Waals surface area contributed by atoms with Crippen molar-refractivity contribution in [3.05, 3.63) is 35.9 Å². The molecule has 13 heavy (non-hydrogen) atoms. The van der Waals surface area contributed by atoms with Crippen LogP contribution in [0.4, 0.5) is 0 Å². The first-order valence-electron chi connectivity index (χ1n) is 4.86. The Bertz CT molecular complexity index is 258. The van der Waals surface area contributed by atoms with E-state index >= 15 is 0 Å². The van der Waals surface area contributed by atoms with Gasteiger partial charge in [-0.3, -0.25) is 0 Å². The lowest BCUT2D eigenvalue weighted by Gasteiger charge is -2.13. The summed E-state index contributed by atoms with van der Waals surface area (Å²) in [5.41, 5.74) is 7.36. The molecule has 0 aliphatic carbocycles. The summed E-state index contributed by atoms with van der Waals surface area (Å²) in [7, 11) is 0. The molecule has 1 heterocycles. The van der Waals surface area contributed by atoms with E-state index in [-0.39, 0.29) is 0 Å². The standard InChI is InChI=1S/C11H16N2/c12-11-8-13-7-10(11)6-9-4-2-1-3-5-9/h1-5,10-11,13H,6-8,12H2/t10-,11+/m0/s1. The van der Waals surface area contributed by atoms with Gasteiger partial charge >= 0.3 is 0 Å². The molecule has 3 N–H and O–H groups in total. The maximum Gasteiger partial charge on any atom is 0.0209 e. The molecule has 1 aliphatic rings. The van der Waals surface area contributed by atoms with Crippen LogP contribution in [0.25, 0.3) is 0 Å². The van der Waals surface area contributed by atoms with Crippen molar-refractivity contribution >= 4 is 0 Å². The van der Waals surface area contributed by atoms with E-state index in [4.69, 9.17) is 5.73 Å². The van der Waals surface area contributed by atoms with Gasteiger partial charge in [0.05, 0.1) is 0 Å². The molecule has 70 valence electrons. The van der Waals surface area contributed by atoms with Gasteiger partial charge in [0.2, 0.25) is 0 Å². The van der Waals surface area contributed by atoms with Gasteiger partial charge < -0.3 is 11.1 Å². The maximum absolute atomic E-state index is 5.96. The third-order valence-corrected chi connectivity index (χ3v) is 2.73. The molecule has 1 fully saturated rings. The largest absolute Gasteiger partial charge is 0.326 e. The zero-order valence-electron chi connectivity index (χ0n) is 7.74. The number of hydrogen-bond acceptors (Lipinski definition) is 2. The van der Waals surface area contributed by atoms with E-state index in [9.17, 15) is 0 Å². The Morgan fingerprint density at radius 3 is 2.62 bits per heavy atom. The van der Waals surface area contributed by atoms with Crippen molar-refractivity contribution in [1.82, 2.24) is 5.32 Å². The summed E-state index contributed by atoms with van der Waals surface area (Å²) in [5.74, 6) is 0.613. The van der Waals surface area contributed by atoms with Crippen LogP contribution in [-0.4, -0.2) is 19.1 Å². The number of benzene rings is 1. The highest BCUT2D eigenvalue weighted by molar-refractivity contribution is 5.16. The monoisotopic (exact) mass is 176 g/mol. The number of nitrogens with one attached hydrogen (secondary N) is 1. The predicted molar refractivity (Wildman–Crippen MR) is 54.5 cm³/mol. The fraction of sp³-hybridized carbons (Fsp3) is 0.455. The smallest absolute Gasteiger partial charge is 0.0209 e. The SMILES string of the molecule is N[C@@H]1CNC[C@@H]1Cc1ccccc1. The normalized spacial score (nSPS) is 27.8. The quantitative estimate of drug-likeness (QED) is 0.698. The molecule has 1 saturated heterocycles. The molecule has 2 rings (SSSR count). The minimum atomic E-state index is 0.334. The van der Waals surface area contributed by atoms with Gasteiger partial charge in [0.25, 0.3) is 0 Å². The third kappa shape index (κ3) is 2.08. The highest BCUT2D eigenvalue weighted by Crippen LogP contribution is 2.13. The van der Waals surface area contributed by atoms with Gasteiger partial charge in [0.1, 0.15) is 0 Å². The lowest BCUT2D eigenvalue weighted by molar-refractivity contribution is 0.512. The van der Waals surface area contributed by atoms with E-state index < -0.39 is 0 Å². The predicted octanol–water partition coefficient (Wildman–Crippen LogP) is 0.776. The van der Waals surface area contributed by atoms with Gasteiger partial charge in [-0.1, -0.05) is 30.3 Å². The van der Waals surface area contributed by atoms with E-state index in [1.807, 2.05) is 0 Å². The summed E-state index contributed by atoms with van der Waals surface area (Å²) < 4.78 is 0. The van der Waals surface area contributed by atoms with Crippen molar-refractivity contribution in [2.75, 3.05) is 13.1 Å². The fourth-order valence-electron chi connectivity index (χ4n) is 1.89. The first-order valence-corrected chi connectivity index (χ1v) is 4.86. The summed E-state index contributed by atoms with van der Waals surface area (Å²) in [6, 6.07) is 10.9. The molecule has 0 radical (unpaired) electrons. The average molecular weight is 176 g/mol. The first-order chi connectivity index (χ1) is 6.36. The summed E-state index contributed by atoms with van der Waals surface area (Å²) in [6.07, 6.45) is 1.11. The van der Waals surface area contributed by atoms with Crippen LogP contribution in [0, 0.1) is 5.92 Å². The van der Waals surface area contributed by atoms with Crippen LogP contribution in [-0.2, 0) is 6.42 Å². The molecule has 0 bridgehead atoms. The molecule has 0 saturated carbocycles. The van der Waals surface area contributed by atoms with Gasteiger partial charge in [-0.2, -0.15) is 0 Å². The van der Waals surface area contributed by atoms with Crippen molar-refractivity contribution in [1.29, 1.82) is 0 Å². The van der Waals surface area contributed by atoms with Crippen LogP contribution in [0.5, 0.6) is 0 Å². The van der Waals surface area contributed by atoms with E-state index in [2.05, 4.69) is 35.6 Å². The molecule has 0 unspecified atom stereocenters. The minimum absolute atomic E-state index is 0.334. The van der Waals surface area contributed by atoms with Crippen molar-refractivity contribution in [3.63, 3.8) is 0 Å². The molecule has 1 aliphatic heterocycles. The van der Waals surface area contributed by atoms with Crippen LogP contribution >= 0.6 is 0 Å². The molecular formula is C11H16N2. The fourth-order valence-corrected chi connectivity index (χ4v) is 1.89. The van der Waals surface area contributed by atoms with Crippen LogP contribution in [0.15, 0.2) is 30.3 Å². The molecular weight excluding hydrogens is 160 g/mol. The van der Waals surface area contributed by atoms with Crippen molar-refractivity contribution in [3.8, 4) is 0 Å². The molecule has 2 heteroatoms. The van der Waals surface area contributed by atoms with Crippen LogP contribution < -0.4 is 11.1 Å². The lowest BCUT2D eigenvalue weighted by atomic mass is 9.96. The van der Waals surface area contributed by atoms with E-state index in [0.29, 0.717) is 12.0 Å². The summed E-state index contributed by atoms with van der Waals surface area (Å²) >= 11 is 0. The Morgan fingerprint density at radius 2 is 2.00 bits per heavy atom. The van der Waals surface area contributed by atoms with E-state index in [1.165, 1.54) is 5.56 Å². The zero-order chi connectivity index (χ0) is 9.10. The van der Waals surface area contributed by atoms with Crippen LogP contribution in [0.2, 0.25) is 0 Å². The second-order valence-corrected chi connectivity index (χ2v) is 3.77. The maximum atomic E-state index is 5.96. The Balaban J connectivity index is 1.98.